The van der Waals surface area contributed by atoms with E-state index in [9.17, 15) is 4.79 Å². The minimum atomic E-state index is -0.0781. The van der Waals surface area contributed by atoms with Gasteiger partial charge in [-0.15, -0.1) is 5.10 Å². The number of carbonyl (C=O) groups is 1. The lowest BCUT2D eigenvalue weighted by molar-refractivity contribution is -0.118. The molecule has 1 heterocycles. The molecule has 1 aromatic carbocycles. The zero-order valence-electron chi connectivity index (χ0n) is 8.75. The molecule has 1 aromatic rings. The van der Waals surface area contributed by atoms with Crippen LogP contribution in [0.2, 0.25) is 0 Å². The number of carbonyl (C=O) groups excluding carboxylic acids is 1. The van der Waals surface area contributed by atoms with Crippen LogP contribution in [0.4, 0.5) is 0 Å². The van der Waals surface area contributed by atoms with Crippen LogP contribution in [0.5, 0.6) is 0 Å². The topological polar surface area (TPSA) is 53.8 Å². The Morgan fingerprint density at radius 3 is 2.75 bits per heavy atom. The van der Waals surface area contributed by atoms with Crippen molar-refractivity contribution in [3.8, 4) is 0 Å². The van der Waals surface area contributed by atoms with Crippen LogP contribution >= 0.6 is 11.8 Å². The summed E-state index contributed by atoms with van der Waals surface area (Å²) in [6.07, 6.45) is 1.66. The molecule has 1 atom stereocenters. The van der Waals surface area contributed by atoms with E-state index in [1.165, 1.54) is 11.8 Å². The SMILES string of the molecule is C[C@@H]1S/C(=N\N=Cc2ccccc2)NC1=O. The van der Waals surface area contributed by atoms with Crippen LogP contribution in [0.25, 0.3) is 0 Å². The first-order valence-electron chi connectivity index (χ1n) is 4.89. The summed E-state index contributed by atoms with van der Waals surface area (Å²) in [5.41, 5.74) is 0.981. The van der Waals surface area contributed by atoms with Crippen LogP contribution in [-0.2, 0) is 4.79 Å². The van der Waals surface area contributed by atoms with Crippen molar-refractivity contribution >= 4 is 29.1 Å². The molecule has 1 amide bonds. The molecule has 1 fully saturated rings. The maximum atomic E-state index is 11.2. The second kappa shape index (κ2) is 4.94. The molecule has 0 bridgehead atoms. The number of nitrogens with one attached hydrogen (secondary N) is 1. The van der Waals surface area contributed by atoms with Gasteiger partial charge in [-0.1, -0.05) is 42.1 Å². The molecule has 82 valence electrons. The van der Waals surface area contributed by atoms with Gasteiger partial charge in [-0.3, -0.25) is 4.79 Å². The molecule has 4 nitrogen and oxygen atoms in total. The summed E-state index contributed by atoms with van der Waals surface area (Å²) in [4.78, 5) is 11.2. The molecule has 1 saturated heterocycles. The van der Waals surface area contributed by atoms with Gasteiger partial charge < -0.3 is 5.32 Å². The summed E-state index contributed by atoms with van der Waals surface area (Å²) < 4.78 is 0. The molecule has 5 heteroatoms. The van der Waals surface area contributed by atoms with Crippen molar-refractivity contribution in [3.05, 3.63) is 35.9 Å². The quantitative estimate of drug-likeness (QED) is 0.623. The van der Waals surface area contributed by atoms with Crippen molar-refractivity contribution in [1.82, 2.24) is 5.32 Å². The van der Waals surface area contributed by atoms with E-state index in [4.69, 9.17) is 0 Å². The number of hydrogen-bond acceptors (Lipinski definition) is 4. The molecule has 2 rings (SSSR count). The van der Waals surface area contributed by atoms with Gasteiger partial charge in [0.1, 0.15) is 0 Å². The maximum Gasteiger partial charge on any atom is 0.239 e. The van der Waals surface area contributed by atoms with E-state index < -0.39 is 0 Å². The van der Waals surface area contributed by atoms with Gasteiger partial charge >= 0.3 is 0 Å². The minimum Gasteiger partial charge on any atom is -0.303 e. The Morgan fingerprint density at radius 1 is 1.38 bits per heavy atom. The van der Waals surface area contributed by atoms with Gasteiger partial charge in [0.25, 0.3) is 0 Å². The van der Waals surface area contributed by atoms with E-state index in [0.29, 0.717) is 5.17 Å². The first-order valence-corrected chi connectivity index (χ1v) is 5.77. The molecular weight excluding hydrogens is 222 g/mol. The Labute approximate surface area is 97.8 Å². The smallest absolute Gasteiger partial charge is 0.239 e. The number of rotatable bonds is 2. The van der Waals surface area contributed by atoms with Crippen molar-refractivity contribution in [3.63, 3.8) is 0 Å². The van der Waals surface area contributed by atoms with E-state index in [-0.39, 0.29) is 11.2 Å². The summed E-state index contributed by atoms with van der Waals surface area (Å²) in [5, 5.41) is 11.0. The standard InChI is InChI=1S/C11H11N3OS/c1-8-10(15)13-11(16-8)14-12-7-9-5-3-2-4-6-9/h2-8H,1H3,(H,13,14,15)/t8-/m0/s1. The van der Waals surface area contributed by atoms with E-state index in [1.807, 2.05) is 37.3 Å². The Bertz CT molecular complexity index is 442. The number of thioether (sulfide) groups is 1. The van der Waals surface area contributed by atoms with Gasteiger partial charge in [0, 0.05) is 0 Å². The molecule has 0 unspecified atom stereocenters. The number of hydrogen-bond donors (Lipinski definition) is 1. The Balaban J connectivity index is 2.00. The highest BCUT2D eigenvalue weighted by molar-refractivity contribution is 8.15. The van der Waals surface area contributed by atoms with Crippen molar-refractivity contribution in [2.75, 3.05) is 0 Å². The highest BCUT2D eigenvalue weighted by atomic mass is 32.2. The number of benzene rings is 1. The summed E-state index contributed by atoms with van der Waals surface area (Å²) in [6, 6.07) is 9.68. The average Bonchev–Trinajstić information content (AvgIpc) is 2.60. The summed E-state index contributed by atoms with van der Waals surface area (Å²) >= 11 is 1.38. The highest BCUT2D eigenvalue weighted by Crippen LogP contribution is 2.18. The molecule has 0 saturated carbocycles. The average molecular weight is 233 g/mol. The maximum absolute atomic E-state index is 11.2. The number of amidine groups is 1. The lowest BCUT2D eigenvalue weighted by Crippen LogP contribution is -2.23. The third-order valence-electron chi connectivity index (χ3n) is 2.04. The fourth-order valence-corrected chi connectivity index (χ4v) is 1.95. The zero-order chi connectivity index (χ0) is 11.4. The number of nitrogens with zero attached hydrogens (tertiary/aromatic N) is 2. The summed E-state index contributed by atoms with van der Waals surface area (Å²) in [6.45, 7) is 1.84. The van der Waals surface area contributed by atoms with Crippen LogP contribution in [0.3, 0.4) is 0 Å². The van der Waals surface area contributed by atoms with Gasteiger partial charge in [0.2, 0.25) is 5.91 Å². The molecule has 0 radical (unpaired) electrons. The van der Waals surface area contributed by atoms with Crippen LogP contribution in [0.15, 0.2) is 40.5 Å². The molecular formula is C11H11N3OS. The van der Waals surface area contributed by atoms with Crippen molar-refractivity contribution in [2.45, 2.75) is 12.2 Å². The largest absolute Gasteiger partial charge is 0.303 e. The van der Waals surface area contributed by atoms with E-state index >= 15 is 0 Å². The van der Waals surface area contributed by atoms with Gasteiger partial charge in [-0.05, 0) is 12.5 Å². The Hall–Kier alpha value is -1.62. The molecule has 0 aliphatic carbocycles. The van der Waals surface area contributed by atoms with Crippen LogP contribution in [0, 0.1) is 0 Å². The predicted molar refractivity (Wildman–Crippen MR) is 66.7 cm³/mol. The normalized spacial score (nSPS) is 22.9. The lowest BCUT2D eigenvalue weighted by atomic mass is 10.2. The van der Waals surface area contributed by atoms with Crippen LogP contribution in [-0.4, -0.2) is 22.5 Å². The highest BCUT2D eigenvalue weighted by Gasteiger charge is 2.25. The fourth-order valence-electron chi connectivity index (χ4n) is 1.19. The Kier molecular flexibility index (Phi) is 3.36. The third kappa shape index (κ3) is 2.70. The van der Waals surface area contributed by atoms with E-state index in [0.717, 1.165) is 5.56 Å². The molecule has 0 spiro atoms. The predicted octanol–water partition coefficient (Wildman–Crippen LogP) is 1.63. The van der Waals surface area contributed by atoms with Gasteiger partial charge in [0.15, 0.2) is 5.17 Å². The van der Waals surface area contributed by atoms with Gasteiger partial charge in [-0.2, -0.15) is 5.10 Å². The first kappa shape index (κ1) is 10.9. The molecule has 16 heavy (non-hydrogen) atoms. The molecule has 0 aromatic heterocycles. The fraction of sp³-hybridized carbons (Fsp3) is 0.182. The zero-order valence-corrected chi connectivity index (χ0v) is 9.57. The third-order valence-corrected chi connectivity index (χ3v) is 3.02. The summed E-state index contributed by atoms with van der Waals surface area (Å²) in [5.74, 6) is -0.0151. The van der Waals surface area contributed by atoms with Crippen molar-refractivity contribution in [1.29, 1.82) is 0 Å². The lowest BCUT2D eigenvalue weighted by Gasteiger charge is -1.90. The van der Waals surface area contributed by atoms with Crippen molar-refractivity contribution in [2.24, 2.45) is 10.2 Å². The monoisotopic (exact) mass is 233 g/mol. The second-order valence-corrected chi connectivity index (χ2v) is 4.64. The Morgan fingerprint density at radius 2 is 2.12 bits per heavy atom. The first-order chi connectivity index (χ1) is 7.75. The van der Waals surface area contributed by atoms with Crippen LogP contribution < -0.4 is 5.32 Å². The molecule has 1 aliphatic rings. The second-order valence-electron chi connectivity index (χ2n) is 3.31. The van der Waals surface area contributed by atoms with E-state index in [1.54, 1.807) is 6.21 Å². The van der Waals surface area contributed by atoms with Gasteiger partial charge in [0.05, 0.1) is 11.5 Å². The van der Waals surface area contributed by atoms with Gasteiger partial charge in [-0.25, -0.2) is 0 Å². The summed E-state index contributed by atoms with van der Waals surface area (Å²) in [7, 11) is 0. The molecule has 1 aliphatic heterocycles. The number of amides is 1. The minimum absolute atomic E-state index is 0.0151. The van der Waals surface area contributed by atoms with E-state index in [2.05, 4.69) is 15.5 Å². The molecule has 1 N–H and O–H groups in total. The van der Waals surface area contributed by atoms with Crippen LogP contribution in [0.1, 0.15) is 12.5 Å². The van der Waals surface area contributed by atoms with Crippen molar-refractivity contribution < 1.29 is 4.79 Å².